The van der Waals surface area contributed by atoms with E-state index >= 15 is 0 Å². The normalized spacial score (nSPS) is 17.9. The number of fused-ring (bicyclic) bond motifs is 1. The van der Waals surface area contributed by atoms with Crippen LogP contribution in [-0.2, 0) is 27.3 Å². The lowest BCUT2D eigenvalue weighted by Crippen LogP contribution is -2.32. The highest BCUT2D eigenvalue weighted by atomic mass is 19.1. The Morgan fingerprint density at radius 2 is 2.00 bits per heavy atom. The molecular weight excluding hydrogens is 385 g/mol. The quantitative estimate of drug-likeness (QED) is 0.826. The van der Waals surface area contributed by atoms with Crippen LogP contribution in [0.3, 0.4) is 0 Å². The molecule has 6 nitrogen and oxygen atoms in total. The highest BCUT2D eigenvalue weighted by molar-refractivity contribution is 6.01. The second-order valence-corrected chi connectivity index (χ2v) is 7.68. The summed E-state index contributed by atoms with van der Waals surface area (Å²) in [6, 6.07) is 11.9. The number of carbonyl (C=O) groups excluding carboxylic acids is 3. The van der Waals surface area contributed by atoms with Gasteiger partial charge in [-0.25, -0.2) is 4.39 Å². The Morgan fingerprint density at radius 3 is 2.77 bits per heavy atom. The molecule has 0 saturated carbocycles. The average Bonchev–Trinajstić information content (AvgIpc) is 3.35. The lowest BCUT2D eigenvalue weighted by atomic mass is 10.1. The molecule has 0 radical (unpaired) electrons. The molecule has 7 heteroatoms. The molecule has 2 aliphatic rings. The van der Waals surface area contributed by atoms with Crippen molar-refractivity contribution in [3.8, 4) is 0 Å². The van der Waals surface area contributed by atoms with Gasteiger partial charge in [-0.05, 0) is 36.2 Å². The van der Waals surface area contributed by atoms with E-state index in [1.54, 1.807) is 28.0 Å². The number of nitrogens with zero attached hydrogens (tertiary/aromatic N) is 2. The molecule has 1 saturated heterocycles. The van der Waals surface area contributed by atoms with E-state index in [0.717, 1.165) is 23.4 Å². The number of carbonyl (C=O) groups is 3. The maximum atomic E-state index is 13.7. The second kappa shape index (κ2) is 8.26. The molecule has 3 amide bonds. The number of anilines is 2. The molecule has 0 unspecified atom stereocenters. The first-order valence-electron chi connectivity index (χ1n) is 10.2. The SMILES string of the molecule is CCC(=O)N1CCc2cc(N3C[C@H](C(=O)NCc4ccccc4F)CC3=O)ccc21. The molecule has 2 aliphatic heterocycles. The third-order valence-corrected chi connectivity index (χ3v) is 5.78. The van der Waals surface area contributed by atoms with Gasteiger partial charge in [0.05, 0.1) is 5.92 Å². The molecule has 4 rings (SSSR count). The Balaban J connectivity index is 1.42. The summed E-state index contributed by atoms with van der Waals surface area (Å²) in [5, 5.41) is 2.74. The maximum Gasteiger partial charge on any atom is 0.227 e. The van der Waals surface area contributed by atoms with Gasteiger partial charge in [-0.3, -0.25) is 14.4 Å². The topological polar surface area (TPSA) is 69.7 Å². The van der Waals surface area contributed by atoms with Crippen molar-refractivity contribution >= 4 is 29.1 Å². The van der Waals surface area contributed by atoms with Gasteiger partial charge in [0, 0.05) is 49.4 Å². The van der Waals surface area contributed by atoms with Crippen LogP contribution in [0, 0.1) is 11.7 Å². The Labute approximate surface area is 174 Å². The zero-order chi connectivity index (χ0) is 21.3. The fourth-order valence-electron chi connectivity index (χ4n) is 4.11. The summed E-state index contributed by atoms with van der Waals surface area (Å²) in [4.78, 5) is 40.6. The van der Waals surface area contributed by atoms with E-state index < -0.39 is 5.92 Å². The molecule has 0 bridgehead atoms. The van der Waals surface area contributed by atoms with Crippen molar-refractivity contribution in [1.29, 1.82) is 0 Å². The largest absolute Gasteiger partial charge is 0.352 e. The van der Waals surface area contributed by atoms with Gasteiger partial charge in [0.1, 0.15) is 5.82 Å². The van der Waals surface area contributed by atoms with E-state index in [-0.39, 0.29) is 36.5 Å². The predicted molar refractivity (Wildman–Crippen MR) is 111 cm³/mol. The van der Waals surface area contributed by atoms with Crippen LogP contribution in [0.5, 0.6) is 0 Å². The third-order valence-electron chi connectivity index (χ3n) is 5.78. The fourth-order valence-corrected chi connectivity index (χ4v) is 4.11. The molecule has 0 aliphatic carbocycles. The van der Waals surface area contributed by atoms with Crippen molar-refractivity contribution < 1.29 is 18.8 Å². The number of halogens is 1. The van der Waals surface area contributed by atoms with Gasteiger partial charge in [-0.15, -0.1) is 0 Å². The molecular formula is C23H24FN3O3. The monoisotopic (exact) mass is 409 g/mol. The van der Waals surface area contributed by atoms with Crippen LogP contribution in [-0.4, -0.2) is 30.8 Å². The zero-order valence-electron chi connectivity index (χ0n) is 16.9. The van der Waals surface area contributed by atoms with E-state index in [1.807, 2.05) is 25.1 Å². The first-order chi connectivity index (χ1) is 14.5. The van der Waals surface area contributed by atoms with Gasteiger partial charge in [0.15, 0.2) is 0 Å². The Morgan fingerprint density at radius 1 is 1.20 bits per heavy atom. The summed E-state index contributed by atoms with van der Waals surface area (Å²) in [5.41, 5.74) is 3.09. The molecule has 0 aromatic heterocycles. The number of benzene rings is 2. The molecule has 1 N–H and O–H groups in total. The Bertz CT molecular complexity index is 1010. The lowest BCUT2D eigenvalue weighted by Gasteiger charge is -2.20. The minimum atomic E-state index is -0.476. The van der Waals surface area contributed by atoms with E-state index in [4.69, 9.17) is 0 Å². The molecule has 30 heavy (non-hydrogen) atoms. The molecule has 0 spiro atoms. The minimum absolute atomic E-state index is 0.0883. The third kappa shape index (κ3) is 3.79. The standard InChI is InChI=1S/C23H24FN3O3/c1-2-21(28)26-10-9-15-11-18(7-8-20(15)26)27-14-17(12-22(27)29)23(30)25-13-16-5-3-4-6-19(16)24/h3-8,11,17H,2,9-10,12-14H2,1H3,(H,25,30)/t17-/m1/s1. The van der Waals surface area contributed by atoms with Crippen molar-refractivity contribution in [2.75, 3.05) is 22.9 Å². The highest BCUT2D eigenvalue weighted by Gasteiger charge is 2.35. The van der Waals surface area contributed by atoms with E-state index in [9.17, 15) is 18.8 Å². The molecule has 1 atom stereocenters. The van der Waals surface area contributed by atoms with Crippen molar-refractivity contribution in [2.24, 2.45) is 5.92 Å². The van der Waals surface area contributed by atoms with Gasteiger partial charge < -0.3 is 15.1 Å². The van der Waals surface area contributed by atoms with Crippen LogP contribution >= 0.6 is 0 Å². The smallest absolute Gasteiger partial charge is 0.227 e. The number of nitrogens with one attached hydrogen (secondary N) is 1. The number of hydrogen-bond donors (Lipinski definition) is 1. The summed E-state index contributed by atoms with van der Waals surface area (Å²) in [5.74, 6) is -1.12. The minimum Gasteiger partial charge on any atom is -0.352 e. The first kappa shape index (κ1) is 20.1. The molecule has 2 aromatic rings. The van der Waals surface area contributed by atoms with Gasteiger partial charge in [0.2, 0.25) is 17.7 Å². The average molecular weight is 409 g/mol. The van der Waals surface area contributed by atoms with Crippen LogP contribution in [0.15, 0.2) is 42.5 Å². The van der Waals surface area contributed by atoms with Crippen LogP contribution in [0.2, 0.25) is 0 Å². The summed E-state index contributed by atoms with van der Waals surface area (Å²) in [7, 11) is 0. The molecule has 2 heterocycles. The lowest BCUT2D eigenvalue weighted by molar-refractivity contribution is -0.126. The summed E-state index contributed by atoms with van der Waals surface area (Å²) in [6.45, 7) is 2.88. The van der Waals surface area contributed by atoms with Gasteiger partial charge in [-0.2, -0.15) is 0 Å². The van der Waals surface area contributed by atoms with Gasteiger partial charge in [-0.1, -0.05) is 25.1 Å². The van der Waals surface area contributed by atoms with Crippen molar-refractivity contribution in [3.63, 3.8) is 0 Å². The van der Waals surface area contributed by atoms with Gasteiger partial charge in [0.25, 0.3) is 0 Å². The summed E-state index contributed by atoms with van der Waals surface area (Å²) < 4.78 is 13.7. The van der Waals surface area contributed by atoms with Crippen molar-refractivity contribution in [3.05, 3.63) is 59.4 Å². The molecule has 2 aromatic carbocycles. The van der Waals surface area contributed by atoms with Crippen LogP contribution < -0.4 is 15.1 Å². The highest BCUT2D eigenvalue weighted by Crippen LogP contribution is 2.34. The van der Waals surface area contributed by atoms with E-state index in [1.165, 1.54) is 6.07 Å². The Hall–Kier alpha value is -3.22. The summed E-state index contributed by atoms with van der Waals surface area (Å²) in [6.07, 6.45) is 1.33. The Kier molecular flexibility index (Phi) is 5.53. The summed E-state index contributed by atoms with van der Waals surface area (Å²) >= 11 is 0. The first-order valence-corrected chi connectivity index (χ1v) is 10.2. The molecule has 1 fully saturated rings. The van der Waals surface area contributed by atoms with Crippen molar-refractivity contribution in [1.82, 2.24) is 5.32 Å². The van der Waals surface area contributed by atoms with E-state index in [2.05, 4.69) is 5.32 Å². The predicted octanol–water partition coefficient (Wildman–Crippen LogP) is 2.79. The zero-order valence-corrected chi connectivity index (χ0v) is 16.9. The number of hydrogen-bond acceptors (Lipinski definition) is 3. The number of amides is 3. The van der Waals surface area contributed by atoms with Crippen molar-refractivity contribution in [2.45, 2.75) is 32.7 Å². The molecule has 156 valence electrons. The van der Waals surface area contributed by atoms with Crippen LogP contribution in [0.4, 0.5) is 15.8 Å². The fraction of sp³-hybridized carbons (Fsp3) is 0.348. The maximum absolute atomic E-state index is 13.7. The van der Waals surface area contributed by atoms with Gasteiger partial charge >= 0.3 is 0 Å². The van der Waals surface area contributed by atoms with Crippen LogP contribution in [0.25, 0.3) is 0 Å². The van der Waals surface area contributed by atoms with Crippen LogP contribution in [0.1, 0.15) is 30.9 Å². The van der Waals surface area contributed by atoms with E-state index in [0.29, 0.717) is 25.1 Å². The second-order valence-electron chi connectivity index (χ2n) is 7.68. The number of rotatable bonds is 5.